The maximum Gasteiger partial charge on any atom is 0.251 e. The second-order valence-electron chi connectivity index (χ2n) is 19.6. The van der Waals surface area contributed by atoms with E-state index >= 15 is 0 Å². The molecule has 11 rings (SSSR count). The van der Waals surface area contributed by atoms with Gasteiger partial charge in [-0.3, -0.25) is 17.9 Å². The van der Waals surface area contributed by atoms with E-state index in [1.807, 2.05) is 39.2 Å². The van der Waals surface area contributed by atoms with Crippen molar-refractivity contribution in [1.82, 2.24) is 35.0 Å². The first-order chi connectivity index (χ1) is 33.9. The lowest BCUT2D eigenvalue weighted by molar-refractivity contribution is 0.0903. The van der Waals surface area contributed by atoms with Crippen molar-refractivity contribution in [1.29, 1.82) is 0 Å². The molecule has 0 radical (unpaired) electrons. The third kappa shape index (κ3) is 11.0. The van der Waals surface area contributed by atoms with Crippen LogP contribution in [0.25, 0.3) is 0 Å². The molecular formula is C51H66N12O5S2. The number of nitrogens with two attached hydrogens (primary N) is 1. The normalized spacial score (nSPS) is 22.9. The molecule has 5 aliphatic heterocycles. The van der Waals surface area contributed by atoms with Crippen LogP contribution in [0.3, 0.4) is 0 Å². The lowest BCUT2D eigenvalue weighted by atomic mass is 9.89. The third-order valence-corrected chi connectivity index (χ3v) is 17.3. The van der Waals surface area contributed by atoms with Gasteiger partial charge in [-0.2, -0.15) is 15.1 Å². The van der Waals surface area contributed by atoms with Crippen LogP contribution in [0.1, 0.15) is 108 Å². The number of fused-ring (bicyclic) bond motifs is 2. The highest BCUT2D eigenvalue weighted by atomic mass is 32.2. The van der Waals surface area contributed by atoms with Crippen LogP contribution in [0, 0.1) is 13.8 Å². The highest BCUT2D eigenvalue weighted by Gasteiger charge is 2.37. The molecule has 2 aromatic carbocycles. The van der Waals surface area contributed by atoms with Gasteiger partial charge in [0, 0.05) is 119 Å². The summed E-state index contributed by atoms with van der Waals surface area (Å²) < 4.78 is 38.7. The van der Waals surface area contributed by atoms with E-state index in [1.165, 1.54) is 11.1 Å². The van der Waals surface area contributed by atoms with Crippen molar-refractivity contribution in [3.63, 3.8) is 0 Å². The molecule has 3 aromatic heterocycles. The quantitative estimate of drug-likeness (QED) is 0.119. The zero-order chi connectivity index (χ0) is 48.5. The highest BCUT2D eigenvalue weighted by Crippen LogP contribution is 2.36. The minimum Gasteiger partial charge on any atom is -0.490 e. The average Bonchev–Trinajstić information content (AvgIpc) is 3.59. The summed E-state index contributed by atoms with van der Waals surface area (Å²) >= 11 is 0. The Bertz CT molecular complexity index is 2720. The standard InChI is InChI=1S/C30H39N7O4S.C21H27N5OS/c1-19(25-18-36(3)35-20(25)2)31-29(38)21-4-6-23(7-5-21)41-24-8-13-37(14-9-24)30-33-26-12-17-42(39)27(26)28(34-30)32-22-10-15-40-16-11-22;1-13-2-4-14(5-3-13)15-6-9-26(10-7-15)21-24-17-8-11-28(27)19(17)20(25-21)23-18-12-16(18)22/h4-7,18-19,22,24H,8-17H2,1-3H3,(H,31,38)(H,32,33,34);2-5,15-16,18H,6-12,22H2,1H3,(H,23,24,25)/t;16-,18?,28?/m.1/s1. The van der Waals surface area contributed by atoms with Crippen molar-refractivity contribution < 1.29 is 22.7 Å². The third-order valence-electron chi connectivity index (χ3n) is 14.4. The van der Waals surface area contributed by atoms with E-state index in [2.05, 4.69) is 62.0 Å². The summed E-state index contributed by atoms with van der Waals surface area (Å²) in [5.41, 5.74) is 13.0. The van der Waals surface area contributed by atoms with E-state index in [4.69, 9.17) is 35.1 Å². The number of nitrogens with zero attached hydrogens (tertiary/aromatic N) is 8. The topological polar surface area (TPSA) is 208 Å². The van der Waals surface area contributed by atoms with Gasteiger partial charge in [0.05, 0.1) is 44.7 Å². The number of amides is 1. The fourth-order valence-electron chi connectivity index (χ4n) is 10.1. The Balaban J connectivity index is 0.000000175. The number of aromatic nitrogens is 6. The number of carbonyl (C=O) groups excluding carboxylic acids is 1. The van der Waals surface area contributed by atoms with Gasteiger partial charge in [-0.25, -0.2) is 9.97 Å². The molecule has 4 unspecified atom stereocenters. The lowest BCUT2D eigenvalue weighted by Crippen LogP contribution is -2.39. The van der Waals surface area contributed by atoms with Crippen LogP contribution in [-0.2, 0) is 46.2 Å². The molecule has 6 aliphatic rings. The first-order valence-electron chi connectivity index (χ1n) is 25.0. The zero-order valence-electron chi connectivity index (χ0n) is 40.7. The van der Waals surface area contributed by atoms with Crippen molar-refractivity contribution in [2.45, 2.75) is 125 Å². The molecule has 70 heavy (non-hydrogen) atoms. The number of anilines is 4. The summed E-state index contributed by atoms with van der Waals surface area (Å²) in [5.74, 6) is 5.42. The maximum absolute atomic E-state index is 12.8. The summed E-state index contributed by atoms with van der Waals surface area (Å²) in [7, 11) is -0.184. The number of ether oxygens (including phenoxy) is 2. The van der Waals surface area contributed by atoms with Gasteiger partial charge in [0.1, 0.15) is 33.3 Å². The van der Waals surface area contributed by atoms with E-state index in [9.17, 15) is 13.2 Å². The average molecular weight is 991 g/mol. The predicted molar refractivity (Wildman–Crippen MR) is 273 cm³/mol. The molecule has 1 saturated carbocycles. The molecule has 5 N–H and O–H groups in total. The fourth-order valence-corrected chi connectivity index (χ4v) is 12.8. The first-order valence-corrected chi connectivity index (χ1v) is 27.6. The second-order valence-corrected chi connectivity index (χ2v) is 22.6. The van der Waals surface area contributed by atoms with Gasteiger partial charge in [0.2, 0.25) is 11.9 Å². The van der Waals surface area contributed by atoms with Crippen LogP contribution in [-0.4, -0.2) is 119 Å². The minimum atomic E-state index is -1.06. The van der Waals surface area contributed by atoms with Crippen LogP contribution >= 0.6 is 0 Å². The van der Waals surface area contributed by atoms with E-state index in [0.29, 0.717) is 28.9 Å². The van der Waals surface area contributed by atoms with E-state index in [-0.39, 0.29) is 36.2 Å². The smallest absolute Gasteiger partial charge is 0.251 e. The fraction of sp³-hybridized carbons (Fsp3) is 0.529. The SMILES string of the molecule is Cc1ccc(C2CCN(c3nc4c(c(NC5C[C@H]5N)n3)S(=O)CC4)CC2)cc1.Cc1nn(C)cc1C(C)NC(=O)c1ccc(OC2CCN(c3nc4c(c(NC5CCOCC5)n3)S(=O)CC4)CC2)cc1. The van der Waals surface area contributed by atoms with E-state index in [1.54, 1.807) is 16.8 Å². The number of hydrogen-bond acceptors (Lipinski definition) is 15. The van der Waals surface area contributed by atoms with Gasteiger partial charge < -0.3 is 41.0 Å². The number of hydrogen-bond donors (Lipinski definition) is 4. The Hall–Kier alpha value is -5.50. The summed E-state index contributed by atoms with van der Waals surface area (Å²) in [5, 5.41) is 14.4. The largest absolute Gasteiger partial charge is 0.490 e. The Morgan fingerprint density at radius 2 is 1.36 bits per heavy atom. The Morgan fingerprint density at radius 3 is 1.91 bits per heavy atom. The molecule has 3 saturated heterocycles. The van der Waals surface area contributed by atoms with Crippen molar-refractivity contribution in [3.05, 3.63) is 94.1 Å². The van der Waals surface area contributed by atoms with Gasteiger partial charge in [0.25, 0.3) is 5.91 Å². The molecule has 1 amide bonds. The summed E-state index contributed by atoms with van der Waals surface area (Å²) in [6.45, 7) is 10.9. The van der Waals surface area contributed by atoms with Gasteiger partial charge in [0.15, 0.2) is 0 Å². The Kier molecular flexibility index (Phi) is 14.5. The minimum absolute atomic E-state index is 0.0660. The van der Waals surface area contributed by atoms with Crippen LogP contribution in [0.5, 0.6) is 5.75 Å². The molecule has 5 aromatic rings. The van der Waals surface area contributed by atoms with Gasteiger partial charge in [-0.1, -0.05) is 29.8 Å². The second kappa shape index (κ2) is 21.1. The molecular weight excluding hydrogens is 925 g/mol. The van der Waals surface area contributed by atoms with Crippen molar-refractivity contribution in [2.24, 2.45) is 12.8 Å². The number of rotatable bonds is 12. The maximum atomic E-state index is 12.8. The molecule has 4 fully saturated rings. The zero-order valence-corrected chi connectivity index (χ0v) is 42.3. The van der Waals surface area contributed by atoms with E-state index < -0.39 is 21.6 Å². The molecule has 0 bridgehead atoms. The Morgan fingerprint density at radius 1 is 0.786 bits per heavy atom. The molecule has 17 nitrogen and oxygen atoms in total. The van der Waals surface area contributed by atoms with E-state index in [0.717, 1.165) is 153 Å². The Labute approximate surface area is 415 Å². The van der Waals surface area contributed by atoms with Crippen molar-refractivity contribution in [3.8, 4) is 5.75 Å². The number of nitrogens with one attached hydrogen (secondary N) is 3. The number of piperidine rings is 2. The predicted octanol–water partition coefficient (Wildman–Crippen LogP) is 5.66. The van der Waals surface area contributed by atoms with Gasteiger partial charge in [-0.05, 0) is 88.6 Å². The van der Waals surface area contributed by atoms with Crippen molar-refractivity contribution in [2.75, 3.05) is 71.3 Å². The summed E-state index contributed by atoms with van der Waals surface area (Å²) in [6, 6.07) is 16.8. The first kappa shape index (κ1) is 48.1. The number of carbonyl (C=O) groups is 1. The van der Waals surface area contributed by atoms with Crippen LogP contribution in [0.2, 0.25) is 0 Å². The van der Waals surface area contributed by atoms with Crippen molar-refractivity contribution >= 4 is 51.0 Å². The van der Waals surface area contributed by atoms with Crippen LogP contribution < -0.4 is 36.2 Å². The number of benzene rings is 2. The molecule has 1 aliphatic carbocycles. The summed E-state index contributed by atoms with van der Waals surface area (Å²) in [6.07, 6.45) is 10.1. The monoisotopic (exact) mass is 990 g/mol. The van der Waals surface area contributed by atoms with Crippen LogP contribution in [0.4, 0.5) is 23.5 Å². The number of aryl methyl sites for hydroxylation is 5. The highest BCUT2D eigenvalue weighted by molar-refractivity contribution is 7.85. The molecule has 0 spiro atoms. The summed E-state index contributed by atoms with van der Waals surface area (Å²) in [4.78, 5) is 38.2. The van der Waals surface area contributed by atoms with Gasteiger partial charge in [-0.15, -0.1) is 0 Å². The molecule has 5 atom stereocenters. The molecule has 19 heteroatoms. The van der Waals surface area contributed by atoms with Gasteiger partial charge >= 0.3 is 0 Å². The lowest BCUT2D eigenvalue weighted by Gasteiger charge is -2.33. The molecule has 372 valence electrons. The van der Waals surface area contributed by atoms with Crippen LogP contribution in [0.15, 0.2) is 64.5 Å². The molecule has 8 heterocycles.